The number of hydrogen-bond acceptors (Lipinski definition) is 6. The molecule has 0 spiro atoms. The number of hydrogen-bond donors (Lipinski definition) is 2. The van der Waals surface area contributed by atoms with Gasteiger partial charge in [-0.2, -0.15) is 4.98 Å². The van der Waals surface area contributed by atoms with E-state index in [1.54, 1.807) is 13.2 Å². The number of nitrogens with zero attached hydrogens (tertiary/aromatic N) is 3. The molecule has 2 aromatic heterocycles. The van der Waals surface area contributed by atoms with Crippen LogP contribution < -0.4 is 16.4 Å². The fourth-order valence-electron chi connectivity index (χ4n) is 1.82. The van der Waals surface area contributed by atoms with Crippen molar-refractivity contribution in [3.05, 3.63) is 44.6 Å². The SMILES string of the molecule is CCNC(C)c1ccnc(Sc2nc(=O)c(=O)[nH]n2C)c1. The second kappa shape index (κ2) is 6.68. The van der Waals surface area contributed by atoms with E-state index in [2.05, 4.69) is 27.3 Å². The molecule has 0 aliphatic rings. The summed E-state index contributed by atoms with van der Waals surface area (Å²) < 4.78 is 1.41. The van der Waals surface area contributed by atoms with Gasteiger partial charge in [0.15, 0.2) is 5.16 Å². The predicted octanol–water partition coefficient (Wildman–Crippen LogP) is 0.685. The topological polar surface area (TPSA) is 92.7 Å². The van der Waals surface area contributed by atoms with Crippen molar-refractivity contribution >= 4 is 11.8 Å². The Balaban J connectivity index is 2.28. The first-order chi connectivity index (χ1) is 10.0. The number of H-pyrrole nitrogens is 1. The van der Waals surface area contributed by atoms with Gasteiger partial charge < -0.3 is 5.32 Å². The lowest BCUT2D eigenvalue weighted by Crippen LogP contribution is -2.33. The zero-order chi connectivity index (χ0) is 15.4. The molecule has 2 N–H and O–H groups in total. The van der Waals surface area contributed by atoms with Crippen LogP contribution in [0.3, 0.4) is 0 Å². The van der Waals surface area contributed by atoms with E-state index < -0.39 is 11.1 Å². The fourth-order valence-corrected chi connectivity index (χ4v) is 2.63. The first-order valence-electron chi connectivity index (χ1n) is 6.55. The highest BCUT2D eigenvalue weighted by Gasteiger charge is 2.09. The van der Waals surface area contributed by atoms with Gasteiger partial charge in [-0.05, 0) is 42.9 Å². The van der Waals surface area contributed by atoms with Crippen molar-refractivity contribution in [1.82, 2.24) is 25.1 Å². The molecule has 2 rings (SSSR count). The summed E-state index contributed by atoms with van der Waals surface area (Å²) in [4.78, 5) is 30.5. The fraction of sp³-hybridized carbons (Fsp3) is 0.385. The molecule has 0 aliphatic carbocycles. The average molecular weight is 307 g/mol. The second-order valence-corrected chi connectivity index (χ2v) is 5.50. The summed E-state index contributed by atoms with van der Waals surface area (Å²) in [6.07, 6.45) is 1.72. The Morgan fingerprint density at radius 3 is 2.95 bits per heavy atom. The van der Waals surface area contributed by atoms with Crippen LogP contribution >= 0.6 is 11.8 Å². The molecule has 2 heterocycles. The van der Waals surface area contributed by atoms with E-state index in [0.29, 0.717) is 10.2 Å². The van der Waals surface area contributed by atoms with Gasteiger partial charge >= 0.3 is 11.1 Å². The summed E-state index contributed by atoms with van der Waals surface area (Å²) in [5, 5.41) is 6.84. The van der Waals surface area contributed by atoms with Crippen LogP contribution in [-0.2, 0) is 7.05 Å². The first-order valence-corrected chi connectivity index (χ1v) is 7.37. The highest BCUT2D eigenvalue weighted by molar-refractivity contribution is 7.99. The molecule has 0 aromatic carbocycles. The predicted molar refractivity (Wildman–Crippen MR) is 80.6 cm³/mol. The van der Waals surface area contributed by atoms with Crippen LogP contribution in [0.1, 0.15) is 25.5 Å². The van der Waals surface area contributed by atoms with Gasteiger partial charge in [-0.1, -0.05) is 6.92 Å². The number of aromatic nitrogens is 4. The largest absolute Gasteiger partial charge is 0.339 e. The summed E-state index contributed by atoms with van der Waals surface area (Å²) in [6, 6.07) is 4.09. The van der Waals surface area contributed by atoms with Crippen molar-refractivity contribution in [2.24, 2.45) is 7.05 Å². The van der Waals surface area contributed by atoms with Crippen molar-refractivity contribution < 1.29 is 0 Å². The Hall–Kier alpha value is -1.93. The summed E-state index contributed by atoms with van der Waals surface area (Å²) in [7, 11) is 1.63. The third-order valence-corrected chi connectivity index (χ3v) is 3.89. The van der Waals surface area contributed by atoms with Gasteiger partial charge in [0.2, 0.25) is 0 Å². The molecule has 8 heteroatoms. The highest BCUT2D eigenvalue weighted by atomic mass is 32.2. The van der Waals surface area contributed by atoms with E-state index in [0.717, 1.165) is 12.1 Å². The molecule has 2 aromatic rings. The Kier molecular flexibility index (Phi) is 4.92. The van der Waals surface area contributed by atoms with Crippen LogP contribution in [0.5, 0.6) is 0 Å². The molecule has 112 valence electrons. The lowest BCUT2D eigenvalue weighted by molar-refractivity contribution is 0.593. The Morgan fingerprint density at radius 1 is 1.48 bits per heavy atom. The molecule has 7 nitrogen and oxygen atoms in total. The van der Waals surface area contributed by atoms with Crippen LogP contribution in [0, 0.1) is 0 Å². The lowest BCUT2D eigenvalue weighted by Gasteiger charge is -2.13. The van der Waals surface area contributed by atoms with Crippen molar-refractivity contribution in [3.63, 3.8) is 0 Å². The van der Waals surface area contributed by atoms with Crippen molar-refractivity contribution in [2.75, 3.05) is 6.54 Å². The molecule has 1 unspecified atom stereocenters. The van der Waals surface area contributed by atoms with E-state index >= 15 is 0 Å². The van der Waals surface area contributed by atoms with Crippen LogP contribution in [-0.4, -0.2) is 26.3 Å². The minimum absolute atomic E-state index is 0.213. The van der Waals surface area contributed by atoms with Gasteiger partial charge in [-0.25, -0.2) is 4.98 Å². The number of rotatable bonds is 5. The van der Waals surface area contributed by atoms with Crippen molar-refractivity contribution in [2.45, 2.75) is 30.1 Å². The van der Waals surface area contributed by atoms with Crippen LogP contribution in [0.25, 0.3) is 0 Å². The van der Waals surface area contributed by atoms with E-state index in [4.69, 9.17) is 0 Å². The minimum Gasteiger partial charge on any atom is -0.310 e. The molecule has 0 amide bonds. The first kappa shape index (κ1) is 15.5. The third kappa shape index (κ3) is 3.79. The van der Waals surface area contributed by atoms with Crippen LogP contribution in [0.15, 0.2) is 38.1 Å². The number of aromatic amines is 1. The Bertz CT molecular complexity index is 740. The third-order valence-electron chi connectivity index (χ3n) is 2.91. The number of pyridine rings is 1. The lowest BCUT2D eigenvalue weighted by atomic mass is 10.1. The highest BCUT2D eigenvalue weighted by Crippen LogP contribution is 2.24. The quantitative estimate of drug-likeness (QED) is 0.789. The van der Waals surface area contributed by atoms with E-state index in [1.165, 1.54) is 16.4 Å². The molecule has 21 heavy (non-hydrogen) atoms. The Morgan fingerprint density at radius 2 is 2.24 bits per heavy atom. The maximum Gasteiger partial charge on any atom is 0.339 e. The van der Waals surface area contributed by atoms with Gasteiger partial charge in [-0.15, -0.1) is 0 Å². The smallest absolute Gasteiger partial charge is 0.310 e. The standard InChI is InChI=1S/C13H17N5O2S/c1-4-14-8(2)9-5-6-15-10(7-9)21-13-16-11(19)12(20)17-18(13)3/h5-8,14H,4H2,1-3H3,(H,17,20). The second-order valence-electron chi connectivity index (χ2n) is 4.51. The number of nitrogens with one attached hydrogen (secondary N) is 2. The van der Waals surface area contributed by atoms with Crippen LogP contribution in [0.2, 0.25) is 0 Å². The summed E-state index contributed by atoms with van der Waals surface area (Å²) >= 11 is 1.23. The molecule has 0 saturated carbocycles. The molecule has 1 atom stereocenters. The van der Waals surface area contributed by atoms with E-state index in [1.807, 2.05) is 19.1 Å². The van der Waals surface area contributed by atoms with E-state index in [-0.39, 0.29) is 6.04 Å². The van der Waals surface area contributed by atoms with Gasteiger partial charge in [-0.3, -0.25) is 19.4 Å². The van der Waals surface area contributed by atoms with Gasteiger partial charge in [0.1, 0.15) is 5.03 Å². The summed E-state index contributed by atoms with van der Waals surface area (Å²) in [5.41, 5.74) is -0.430. The van der Waals surface area contributed by atoms with Crippen molar-refractivity contribution in [1.29, 1.82) is 0 Å². The minimum atomic E-state index is -0.798. The summed E-state index contributed by atoms with van der Waals surface area (Å²) in [6.45, 7) is 5.00. The summed E-state index contributed by atoms with van der Waals surface area (Å²) in [5.74, 6) is 0. The normalized spacial score (nSPS) is 12.3. The zero-order valence-electron chi connectivity index (χ0n) is 12.1. The Labute approximate surface area is 125 Å². The molecular weight excluding hydrogens is 290 g/mol. The van der Waals surface area contributed by atoms with Gasteiger partial charge in [0, 0.05) is 19.3 Å². The molecule has 0 aliphatic heterocycles. The molecule has 0 radical (unpaired) electrons. The van der Waals surface area contributed by atoms with Gasteiger partial charge in [0.05, 0.1) is 0 Å². The van der Waals surface area contributed by atoms with Gasteiger partial charge in [0.25, 0.3) is 0 Å². The van der Waals surface area contributed by atoms with E-state index in [9.17, 15) is 9.59 Å². The maximum absolute atomic E-state index is 11.3. The van der Waals surface area contributed by atoms with Crippen molar-refractivity contribution in [3.8, 4) is 0 Å². The average Bonchev–Trinajstić information content (AvgIpc) is 2.45. The molecule has 0 fully saturated rings. The van der Waals surface area contributed by atoms with Crippen LogP contribution in [0.4, 0.5) is 0 Å². The maximum atomic E-state index is 11.3. The zero-order valence-corrected chi connectivity index (χ0v) is 12.9. The molecule has 0 bridgehead atoms. The number of aryl methyl sites for hydroxylation is 1. The monoisotopic (exact) mass is 307 g/mol. The molecule has 0 saturated heterocycles. The molecular formula is C13H17N5O2S.